The number of anilines is 1. The molecule has 0 saturated carbocycles. The van der Waals surface area contributed by atoms with Gasteiger partial charge in [-0.1, -0.05) is 36.2 Å². The Kier molecular flexibility index (Phi) is 7.70. The lowest BCUT2D eigenvalue weighted by Gasteiger charge is -2.36. The Morgan fingerprint density at radius 3 is 2.31 bits per heavy atom. The third-order valence-electron chi connectivity index (χ3n) is 4.17. The molecule has 0 aromatic heterocycles. The van der Waals surface area contributed by atoms with Crippen LogP contribution in [-0.4, -0.2) is 66.5 Å². The van der Waals surface area contributed by atoms with E-state index in [0.717, 1.165) is 0 Å². The summed E-state index contributed by atoms with van der Waals surface area (Å²) in [5, 5.41) is 3.47. The van der Waals surface area contributed by atoms with Crippen LogP contribution in [-0.2, 0) is 14.3 Å². The molecule has 144 valence electrons. The maximum absolute atomic E-state index is 12.6. The summed E-state index contributed by atoms with van der Waals surface area (Å²) in [5.74, 6) is -0.268. The van der Waals surface area contributed by atoms with Gasteiger partial charge in [0.05, 0.1) is 41.0 Å². The summed E-state index contributed by atoms with van der Waals surface area (Å²) >= 11 is 12.1. The van der Waals surface area contributed by atoms with Crippen molar-refractivity contribution in [3.8, 4) is 0 Å². The first-order valence-electron chi connectivity index (χ1n) is 8.69. The van der Waals surface area contributed by atoms with Crippen molar-refractivity contribution in [3.05, 3.63) is 28.2 Å². The zero-order chi connectivity index (χ0) is 19.3. The monoisotopic (exact) mass is 401 g/mol. The second kappa shape index (κ2) is 9.55. The number of amides is 2. The fourth-order valence-electron chi connectivity index (χ4n) is 2.95. The molecule has 26 heavy (non-hydrogen) atoms. The van der Waals surface area contributed by atoms with Gasteiger partial charge >= 0.3 is 0 Å². The first-order chi connectivity index (χ1) is 12.3. The predicted octanol–water partition coefficient (Wildman–Crippen LogP) is 2.89. The van der Waals surface area contributed by atoms with Gasteiger partial charge in [0.15, 0.2) is 0 Å². The number of nitrogens with zero attached hydrogens (tertiary/aromatic N) is 2. The number of benzene rings is 1. The van der Waals surface area contributed by atoms with E-state index in [0.29, 0.717) is 35.4 Å². The first-order valence-corrected chi connectivity index (χ1v) is 9.45. The number of hydrogen-bond donors (Lipinski definition) is 1. The SMILES string of the molecule is CCN(CC(=O)Nc1c(Cl)cccc1Cl)CC(=O)N1CC(C)OC(C)C1. The van der Waals surface area contributed by atoms with Gasteiger partial charge in [-0.3, -0.25) is 14.5 Å². The van der Waals surface area contributed by atoms with E-state index in [1.54, 1.807) is 28.0 Å². The number of halogens is 2. The van der Waals surface area contributed by atoms with Crippen molar-refractivity contribution >= 4 is 40.7 Å². The van der Waals surface area contributed by atoms with Crippen LogP contribution in [0.4, 0.5) is 5.69 Å². The standard InChI is InChI=1S/C18H25Cl2N3O3/c1-4-22(11-17(25)23-8-12(2)26-13(3)9-23)10-16(24)21-18-14(19)6-5-7-15(18)20/h5-7,12-13H,4,8-11H2,1-3H3,(H,21,24). The van der Waals surface area contributed by atoms with Crippen LogP contribution in [0.15, 0.2) is 18.2 Å². The molecule has 8 heteroatoms. The second-order valence-corrected chi connectivity index (χ2v) is 7.32. The number of likely N-dealkylation sites (N-methyl/N-ethyl adjacent to an activating group) is 1. The summed E-state index contributed by atoms with van der Waals surface area (Å²) in [7, 11) is 0. The van der Waals surface area contributed by atoms with Gasteiger partial charge in [-0.05, 0) is 32.5 Å². The molecule has 0 bridgehead atoms. The van der Waals surface area contributed by atoms with E-state index in [4.69, 9.17) is 27.9 Å². The number of para-hydroxylation sites is 1. The van der Waals surface area contributed by atoms with E-state index in [-0.39, 0.29) is 37.1 Å². The molecule has 1 aromatic rings. The number of carbonyl (C=O) groups is 2. The number of ether oxygens (including phenoxy) is 1. The summed E-state index contributed by atoms with van der Waals surface area (Å²) in [6.45, 7) is 7.80. The molecule has 0 aliphatic carbocycles. The van der Waals surface area contributed by atoms with Crippen molar-refractivity contribution in [3.63, 3.8) is 0 Å². The number of morpholine rings is 1. The Balaban J connectivity index is 1.92. The predicted molar refractivity (Wildman–Crippen MR) is 104 cm³/mol. The van der Waals surface area contributed by atoms with E-state index in [1.165, 1.54) is 0 Å². The molecule has 1 fully saturated rings. The molecule has 2 amide bonds. The second-order valence-electron chi connectivity index (χ2n) is 6.50. The smallest absolute Gasteiger partial charge is 0.238 e. The van der Waals surface area contributed by atoms with Gasteiger partial charge in [0, 0.05) is 13.1 Å². The maximum Gasteiger partial charge on any atom is 0.238 e. The average Bonchev–Trinajstić information content (AvgIpc) is 2.56. The minimum Gasteiger partial charge on any atom is -0.372 e. The van der Waals surface area contributed by atoms with Crippen molar-refractivity contribution < 1.29 is 14.3 Å². The lowest BCUT2D eigenvalue weighted by Crippen LogP contribution is -2.51. The van der Waals surface area contributed by atoms with Crippen LogP contribution in [0.2, 0.25) is 10.0 Å². The van der Waals surface area contributed by atoms with Gasteiger partial charge in [0.1, 0.15) is 0 Å². The minimum atomic E-state index is -0.265. The van der Waals surface area contributed by atoms with Crippen molar-refractivity contribution in [2.75, 3.05) is 38.0 Å². The van der Waals surface area contributed by atoms with E-state index in [1.807, 2.05) is 20.8 Å². The fourth-order valence-corrected chi connectivity index (χ4v) is 3.44. The zero-order valence-corrected chi connectivity index (χ0v) is 16.8. The summed E-state index contributed by atoms with van der Waals surface area (Å²) in [5.41, 5.74) is 0.388. The summed E-state index contributed by atoms with van der Waals surface area (Å²) < 4.78 is 5.65. The maximum atomic E-state index is 12.6. The molecule has 2 atom stereocenters. The van der Waals surface area contributed by atoms with Gasteiger partial charge < -0.3 is 15.0 Å². The highest BCUT2D eigenvalue weighted by atomic mass is 35.5. The number of hydrogen-bond acceptors (Lipinski definition) is 4. The molecule has 2 rings (SSSR count). The number of carbonyl (C=O) groups excluding carboxylic acids is 2. The number of nitrogens with one attached hydrogen (secondary N) is 1. The quantitative estimate of drug-likeness (QED) is 0.795. The average molecular weight is 402 g/mol. The van der Waals surface area contributed by atoms with E-state index >= 15 is 0 Å². The lowest BCUT2D eigenvalue weighted by molar-refractivity contribution is -0.144. The summed E-state index contributed by atoms with van der Waals surface area (Å²) in [6.07, 6.45) is 0.0341. The topological polar surface area (TPSA) is 61.9 Å². The molecule has 1 N–H and O–H groups in total. The highest BCUT2D eigenvalue weighted by molar-refractivity contribution is 6.39. The molecular formula is C18H25Cl2N3O3. The Labute approximate surface area is 164 Å². The van der Waals surface area contributed by atoms with Crippen molar-refractivity contribution in [1.82, 2.24) is 9.80 Å². The fraction of sp³-hybridized carbons (Fsp3) is 0.556. The normalized spacial score (nSPS) is 20.3. The molecule has 1 aromatic carbocycles. The third kappa shape index (κ3) is 5.84. The summed E-state index contributed by atoms with van der Waals surface area (Å²) in [6, 6.07) is 5.03. The van der Waals surface area contributed by atoms with Crippen LogP contribution in [0.1, 0.15) is 20.8 Å². The van der Waals surface area contributed by atoms with Gasteiger partial charge in [-0.15, -0.1) is 0 Å². The Morgan fingerprint density at radius 1 is 1.19 bits per heavy atom. The van der Waals surface area contributed by atoms with E-state index in [9.17, 15) is 9.59 Å². The van der Waals surface area contributed by atoms with E-state index in [2.05, 4.69) is 5.32 Å². The lowest BCUT2D eigenvalue weighted by atomic mass is 10.2. The molecule has 6 nitrogen and oxygen atoms in total. The molecule has 2 unspecified atom stereocenters. The zero-order valence-electron chi connectivity index (χ0n) is 15.3. The Hall–Kier alpha value is -1.34. The third-order valence-corrected chi connectivity index (χ3v) is 4.80. The van der Waals surface area contributed by atoms with Crippen LogP contribution in [0, 0.1) is 0 Å². The first kappa shape index (κ1) is 21.0. The van der Waals surface area contributed by atoms with Gasteiger partial charge in [0.25, 0.3) is 0 Å². The molecular weight excluding hydrogens is 377 g/mol. The Bertz CT molecular complexity index is 626. The summed E-state index contributed by atoms with van der Waals surface area (Å²) in [4.78, 5) is 28.5. The van der Waals surface area contributed by atoms with E-state index < -0.39 is 0 Å². The largest absolute Gasteiger partial charge is 0.372 e. The Morgan fingerprint density at radius 2 is 1.77 bits per heavy atom. The van der Waals surface area contributed by atoms with Crippen molar-refractivity contribution in [2.24, 2.45) is 0 Å². The molecule has 0 spiro atoms. The van der Waals surface area contributed by atoms with Crippen LogP contribution < -0.4 is 5.32 Å². The van der Waals surface area contributed by atoms with Crippen LogP contribution >= 0.6 is 23.2 Å². The van der Waals surface area contributed by atoms with Crippen molar-refractivity contribution in [1.29, 1.82) is 0 Å². The van der Waals surface area contributed by atoms with Crippen LogP contribution in [0.25, 0.3) is 0 Å². The molecule has 1 aliphatic rings. The van der Waals surface area contributed by atoms with Crippen molar-refractivity contribution in [2.45, 2.75) is 33.0 Å². The number of rotatable bonds is 6. The molecule has 1 heterocycles. The van der Waals surface area contributed by atoms with Gasteiger partial charge in [-0.2, -0.15) is 0 Å². The van der Waals surface area contributed by atoms with Gasteiger partial charge in [0.2, 0.25) is 11.8 Å². The van der Waals surface area contributed by atoms with Crippen LogP contribution in [0.5, 0.6) is 0 Å². The molecule has 1 saturated heterocycles. The molecule has 0 radical (unpaired) electrons. The molecule has 1 aliphatic heterocycles. The minimum absolute atomic E-state index is 0.00238. The van der Waals surface area contributed by atoms with Crippen LogP contribution in [0.3, 0.4) is 0 Å². The highest BCUT2D eigenvalue weighted by Crippen LogP contribution is 2.29. The highest BCUT2D eigenvalue weighted by Gasteiger charge is 2.27. The van der Waals surface area contributed by atoms with Gasteiger partial charge in [-0.25, -0.2) is 0 Å².